The number of amides is 1. The molecule has 0 aliphatic carbocycles. The molecule has 4 rings (SSSR count). The quantitative estimate of drug-likeness (QED) is 0.848. The molecule has 1 amide bonds. The van der Waals surface area contributed by atoms with Crippen molar-refractivity contribution in [1.82, 2.24) is 5.43 Å². The van der Waals surface area contributed by atoms with Crippen LogP contribution < -0.4 is 10.7 Å². The van der Waals surface area contributed by atoms with Gasteiger partial charge in [0.15, 0.2) is 0 Å². The molecule has 0 bridgehead atoms. The third-order valence-corrected chi connectivity index (χ3v) is 5.00. The van der Waals surface area contributed by atoms with Crippen molar-refractivity contribution in [1.29, 1.82) is 0 Å². The summed E-state index contributed by atoms with van der Waals surface area (Å²) >= 11 is 7.70. The van der Waals surface area contributed by atoms with E-state index in [2.05, 4.69) is 15.8 Å². The molecule has 2 aromatic carbocycles. The van der Waals surface area contributed by atoms with Crippen LogP contribution in [0.25, 0.3) is 11.1 Å². The van der Waals surface area contributed by atoms with Gasteiger partial charge in [-0.1, -0.05) is 53.7 Å². The number of nitrogens with one attached hydrogen (secondary N) is 2. The number of nitrogens with zero attached hydrogens (tertiary/aromatic N) is 1. The zero-order valence-electron chi connectivity index (χ0n) is 10.8. The fourth-order valence-corrected chi connectivity index (χ4v) is 3.69. The molecule has 2 aliphatic rings. The van der Waals surface area contributed by atoms with Gasteiger partial charge < -0.3 is 5.32 Å². The number of fused-ring (bicyclic) bond motifs is 2. The second-order valence-electron chi connectivity index (χ2n) is 4.85. The van der Waals surface area contributed by atoms with Crippen molar-refractivity contribution < 1.29 is 4.79 Å². The first-order chi connectivity index (χ1) is 10.2. The van der Waals surface area contributed by atoms with Crippen LogP contribution in [0, 0.1) is 0 Å². The molecular weight excluding hydrogens is 306 g/mol. The van der Waals surface area contributed by atoms with E-state index in [4.69, 9.17) is 11.6 Å². The average molecular weight is 316 g/mol. The minimum Gasteiger partial charge on any atom is -0.321 e. The summed E-state index contributed by atoms with van der Waals surface area (Å²) in [7, 11) is 0. The number of thioether (sulfide) groups is 1. The molecule has 0 saturated heterocycles. The Morgan fingerprint density at radius 1 is 1.14 bits per heavy atom. The summed E-state index contributed by atoms with van der Waals surface area (Å²) in [5.41, 5.74) is 8.05. The van der Waals surface area contributed by atoms with Gasteiger partial charge in [-0.25, -0.2) is 0 Å². The van der Waals surface area contributed by atoms with E-state index in [9.17, 15) is 4.79 Å². The summed E-state index contributed by atoms with van der Waals surface area (Å²) < 4.78 is 0. The van der Waals surface area contributed by atoms with Crippen LogP contribution in [0.5, 0.6) is 0 Å². The molecule has 1 spiro atoms. The van der Waals surface area contributed by atoms with Gasteiger partial charge in [0.2, 0.25) is 4.87 Å². The molecule has 104 valence electrons. The van der Waals surface area contributed by atoms with Crippen molar-refractivity contribution in [3.05, 3.63) is 53.1 Å². The van der Waals surface area contributed by atoms with Gasteiger partial charge in [-0.3, -0.25) is 10.2 Å². The van der Waals surface area contributed by atoms with Gasteiger partial charge in [0.1, 0.15) is 0 Å². The highest BCUT2D eigenvalue weighted by atomic mass is 35.5. The highest BCUT2D eigenvalue weighted by Gasteiger charge is 2.50. The Hall–Kier alpha value is -1.98. The van der Waals surface area contributed by atoms with Crippen molar-refractivity contribution in [2.24, 2.45) is 5.10 Å². The van der Waals surface area contributed by atoms with Gasteiger partial charge >= 0.3 is 0 Å². The highest BCUT2D eigenvalue weighted by Crippen LogP contribution is 2.49. The summed E-state index contributed by atoms with van der Waals surface area (Å²) in [6.45, 7) is 0. The van der Waals surface area contributed by atoms with Crippen molar-refractivity contribution in [3.63, 3.8) is 0 Å². The lowest BCUT2D eigenvalue weighted by atomic mass is 9.99. The highest BCUT2D eigenvalue weighted by molar-refractivity contribution is 8.13. The van der Waals surface area contributed by atoms with Crippen molar-refractivity contribution in [2.45, 2.75) is 4.87 Å². The van der Waals surface area contributed by atoms with Crippen LogP contribution in [0.2, 0.25) is 5.02 Å². The number of hydrogen-bond donors (Lipinski definition) is 2. The lowest BCUT2D eigenvalue weighted by molar-refractivity contribution is -0.118. The van der Waals surface area contributed by atoms with Crippen LogP contribution in [0.1, 0.15) is 5.56 Å². The molecule has 0 fully saturated rings. The minimum atomic E-state index is -0.899. The molecular formula is C15H10ClN3OS. The van der Waals surface area contributed by atoms with E-state index in [0.717, 1.165) is 16.7 Å². The van der Waals surface area contributed by atoms with Crippen LogP contribution in [0.15, 0.2) is 47.6 Å². The van der Waals surface area contributed by atoms with Gasteiger partial charge in [-0.2, -0.15) is 5.10 Å². The molecule has 4 nitrogen and oxygen atoms in total. The normalized spacial score (nSPS) is 22.2. The summed E-state index contributed by atoms with van der Waals surface area (Å²) in [6, 6.07) is 13.8. The number of anilines is 1. The van der Waals surface area contributed by atoms with E-state index < -0.39 is 4.87 Å². The molecule has 2 N–H and O–H groups in total. The van der Waals surface area contributed by atoms with E-state index in [1.165, 1.54) is 11.8 Å². The molecule has 2 heterocycles. The van der Waals surface area contributed by atoms with Crippen LogP contribution in [0.4, 0.5) is 5.69 Å². The SMILES string of the molecule is O=C1Nc2c(Cl)cc(-c3ccccc3)cc2C12NN=CS2. The Morgan fingerprint density at radius 2 is 1.95 bits per heavy atom. The number of carbonyl (C=O) groups excluding carboxylic acids is 1. The van der Waals surface area contributed by atoms with E-state index >= 15 is 0 Å². The van der Waals surface area contributed by atoms with Gasteiger partial charge in [0, 0.05) is 5.56 Å². The van der Waals surface area contributed by atoms with Crippen LogP contribution in [-0.4, -0.2) is 11.5 Å². The Bertz CT molecular complexity index is 768. The average Bonchev–Trinajstić information content (AvgIpc) is 3.10. The molecule has 1 atom stereocenters. The first-order valence-corrected chi connectivity index (χ1v) is 7.64. The van der Waals surface area contributed by atoms with E-state index in [-0.39, 0.29) is 5.91 Å². The van der Waals surface area contributed by atoms with Gasteiger partial charge in [-0.05, 0) is 23.3 Å². The monoisotopic (exact) mass is 315 g/mol. The Kier molecular flexibility index (Phi) is 2.74. The second kappa shape index (κ2) is 4.51. The number of halogens is 1. The Morgan fingerprint density at radius 3 is 2.67 bits per heavy atom. The maximum absolute atomic E-state index is 12.3. The van der Waals surface area contributed by atoms with Gasteiger partial charge in [0.05, 0.1) is 16.3 Å². The van der Waals surface area contributed by atoms with E-state index in [0.29, 0.717) is 10.7 Å². The lowest BCUT2D eigenvalue weighted by Gasteiger charge is -2.20. The molecule has 0 aromatic heterocycles. The second-order valence-corrected chi connectivity index (χ2v) is 6.31. The third-order valence-electron chi connectivity index (χ3n) is 3.64. The van der Waals surface area contributed by atoms with Crippen LogP contribution in [-0.2, 0) is 9.67 Å². The number of hydrogen-bond acceptors (Lipinski definition) is 4. The predicted octanol–water partition coefficient (Wildman–Crippen LogP) is 3.39. The van der Waals surface area contributed by atoms with Crippen molar-refractivity contribution in [2.75, 3.05) is 5.32 Å². The third kappa shape index (κ3) is 1.78. The topological polar surface area (TPSA) is 53.5 Å². The first-order valence-electron chi connectivity index (χ1n) is 6.38. The molecule has 1 unspecified atom stereocenters. The smallest absolute Gasteiger partial charge is 0.267 e. The van der Waals surface area contributed by atoms with Crippen LogP contribution in [0.3, 0.4) is 0 Å². The number of hydrazone groups is 1. The maximum atomic E-state index is 12.3. The fraction of sp³-hybridized carbons (Fsp3) is 0.0667. The maximum Gasteiger partial charge on any atom is 0.267 e. The van der Waals surface area contributed by atoms with Crippen molar-refractivity contribution >= 4 is 40.5 Å². The Balaban J connectivity index is 1.92. The first kappa shape index (κ1) is 12.7. The molecule has 2 aromatic rings. The van der Waals surface area contributed by atoms with Gasteiger partial charge in [0.25, 0.3) is 5.91 Å². The molecule has 6 heteroatoms. The van der Waals surface area contributed by atoms with Crippen molar-refractivity contribution in [3.8, 4) is 11.1 Å². The van der Waals surface area contributed by atoms with Crippen LogP contribution >= 0.6 is 23.4 Å². The predicted molar refractivity (Wildman–Crippen MR) is 86.4 cm³/mol. The van der Waals surface area contributed by atoms with E-state index in [1.807, 2.05) is 42.5 Å². The van der Waals surface area contributed by atoms with Gasteiger partial charge in [-0.15, -0.1) is 0 Å². The summed E-state index contributed by atoms with van der Waals surface area (Å²) in [5, 5.41) is 7.36. The zero-order chi connectivity index (χ0) is 14.4. The number of benzene rings is 2. The number of rotatable bonds is 1. The summed E-state index contributed by atoms with van der Waals surface area (Å²) in [5.74, 6) is -0.146. The summed E-state index contributed by atoms with van der Waals surface area (Å²) in [4.78, 5) is 11.4. The Labute approximate surface area is 130 Å². The minimum absolute atomic E-state index is 0.146. The van der Waals surface area contributed by atoms with E-state index in [1.54, 1.807) is 5.55 Å². The molecule has 21 heavy (non-hydrogen) atoms. The largest absolute Gasteiger partial charge is 0.321 e. The fourth-order valence-electron chi connectivity index (χ4n) is 2.61. The standard InChI is InChI=1S/C15H10ClN3OS/c16-12-7-10(9-4-2-1-3-5-9)6-11-13(12)18-14(20)15(11)19-17-8-21-15/h1-8,19H,(H,18,20). The molecule has 0 saturated carbocycles. The zero-order valence-corrected chi connectivity index (χ0v) is 12.3. The molecule has 0 radical (unpaired) electrons. The lowest BCUT2D eigenvalue weighted by Crippen LogP contribution is -2.39. The number of carbonyl (C=O) groups is 1. The summed E-state index contributed by atoms with van der Waals surface area (Å²) in [6.07, 6.45) is 0. The molecule has 2 aliphatic heterocycles.